The van der Waals surface area contributed by atoms with Crippen LogP contribution in [0.4, 0.5) is 10.1 Å². The van der Waals surface area contributed by atoms with Crippen LogP contribution in [0.2, 0.25) is 0 Å². The van der Waals surface area contributed by atoms with E-state index in [1.807, 2.05) is 6.07 Å². The van der Waals surface area contributed by atoms with Gasteiger partial charge in [0.05, 0.1) is 32.4 Å². The number of amides is 1. The molecule has 0 heterocycles. The summed E-state index contributed by atoms with van der Waals surface area (Å²) in [4.78, 5) is 25.1. The summed E-state index contributed by atoms with van der Waals surface area (Å²) in [5.41, 5.74) is 0.745. The number of para-hydroxylation sites is 1. The Balaban J connectivity index is 2.14. The van der Waals surface area contributed by atoms with Gasteiger partial charge in [-0.15, -0.1) is 0 Å². The van der Waals surface area contributed by atoms with Crippen LogP contribution in [-0.2, 0) is 14.3 Å². The van der Waals surface area contributed by atoms with E-state index in [-0.39, 0.29) is 25.3 Å². The highest BCUT2D eigenvalue weighted by molar-refractivity contribution is 5.94. The van der Waals surface area contributed by atoms with E-state index in [9.17, 15) is 14.0 Å². The zero-order valence-corrected chi connectivity index (χ0v) is 16.6. The Kier molecular flexibility index (Phi) is 8.39. The Hall–Kier alpha value is -3.86. The predicted molar refractivity (Wildman–Crippen MR) is 109 cm³/mol. The van der Waals surface area contributed by atoms with Crippen molar-refractivity contribution < 1.29 is 28.2 Å². The highest BCUT2D eigenvalue weighted by atomic mass is 19.1. The standard InChI is InChI=1S/C22H21FN2O5/c1-28-20-14-16(9-11-22(27)29-2)8-10-19(20)30-15-21(26)25(13-5-12-24)18-7-4-3-6-17(18)23/h3-4,6-11,14H,5,13,15H2,1-2H3/b11-9+. The summed E-state index contributed by atoms with van der Waals surface area (Å²) in [5.74, 6) is -0.917. The van der Waals surface area contributed by atoms with Gasteiger partial charge >= 0.3 is 5.97 Å². The number of nitriles is 1. The van der Waals surface area contributed by atoms with E-state index in [1.165, 1.54) is 43.4 Å². The Morgan fingerprint density at radius 3 is 2.60 bits per heavy atom. The number of anilines is 1. The maximum Gasteiger partial charge on any atom is 0.330 e. The van der Waals surface area contributed by atoms with Crippen LogP contribution in [0.3, 0.4) is 0 Å². The number of rotatable bonds is 9. The highest BCUT2D eigenvalue weighted by Gasteiger charge is 2.20. The summed E-state index contributed by atoms with van der Waals surface area (Å²) in [5, 5.41) is 8.85. The number of hydrogen-bond donors (Lipinski definition) is 0. The monoisotopic (exact) mass is 412 g/mol. The molecule has 0 aliphatic heterocycles. The quantitative estimate of drug-likeness (QED) is 0.464. The van der Waals surface area contributed by atoms with Crippen molar-refractivity contribution in [3.63, 3.8) is 0 Å². The number of hydrogen-bond acceptors (Lipinski definition) is 6. The van der Waals surface area contributed by atoms with Crippen molar-refractivity contribution in [2.45, 2.75) is 6.42 Å². The van der Waals surface area contributed by atoms with Crippen LogP contribution in [0, 0.1) is 17.1 Å². The molecule has 0 saturated carbocycles. The first-order chi connectivity index (χ1) is 14.5. The Morgan fingerprint density at radius 1 is 1.17 bits per heavy atom. The van der Waals surface area contributed by atoms with E-state index >= 15 is 0 Å². The van der Waals surface area contributed by atoms with E-state index in [2.05, 4.69) is 4.74 Å². The third-order valence-corrected chi connectivity index (χ3v) is 4.04. The molecule has 0 atom stereocenters. The lowest BCUT2D eigenvalue weighted by atomic mass is 10.2. The van der Waals surface area contributed by atoms with Crippen LogP contribution in [0.1, 0.15) is 12.0 Å². The molecule has 7 nitrogen and oxygen atoms in total. The smallest absolute Gasteiger partial charge is 0.330 e. The maximum atomic E-state index is 14.1. The minimum atomic E-state index is -0.567. The number of esters is 1. The fraction of sp³-hybridized carbons (Fsp3) is 0.227. The Labute approximate surface area is 173 Å². The number of ether oxygens (including phenoxy) is 3. The molecular weight excluding hydrogens is 391 g/mol. The van der Waals surface area contributed by atoms with Gasteiger partial charge in [0.25, 0.3) is 5.91 Å². The lowest BCUT2D eigenvalue weighted by molar-refractivity contribution is -0.134. The molecule has 0 radical (unpaired) electrons. The maximum absolute atomic E-state index is 14.1. The number of halogens is 1. The molecule has 2 aromatic rings. The zero-order valence-electron chi connectivity index (χ0n) is 16.6. The molecule has 8 heteroatoms. The van der Waals surface area contributed by atoms with Crippen LogP contribution >= 0.6 is 0 Å². The molecule has 0 fully saturated rings. The van der Waals surface area contributed by atoms with E-state index in [0.29, 0.717) is 17.1 Å². The Bertz CT molecular complexity index is 968. The van der Waals surface area contributed by atoms with Crippen molar-refractivity contribution in [3.8, 4) is 17.6 Å². The van der Waals surface area contributed by atoms with Gasteiger partial charge in [-0.1, -0.05) is 18.2 Å². The second kappa shape index (κ2) is 11.2. The van der Waals surface area contributed by atoms with Gasteiger partial charge in [-0.05, 0) is 35.9 Å². The van der Waals surface area contributed by atoms with Crippen molar-refractivity contribution in [3.05, 3.63) is 59.9 Å². The summed E-state index contributed by atoms with van der Waals surface area (Å²) in [6, 6.07) is 12.7. The number of nitrogens with zero attached hydrogens (tertiary/aromatic N) is 2. The average molecular weight is 412 g/mol. The van der Waals surface area contributed by atoms with Crippen LogP contribution in [0.25, 0.3) is 6.08 Å². The summed E-state index contributed by atoms with van der Waals surface area (Å²) in [6.07, 6.45) is 2.86. The van der Waals surface area contributed by atoms with Gasteiger partial charge < -0.3 is 19.1 Å². The molecule has 0 spiro atoms. The minimum Gasteiger partial charge on any atom is -0.493 e. The largest absolute Gasteiger partial charge is 0.493 e. The first-order valence-electron chi connectivity index (χ1n) is 8.98. The molecule has 0 aliphatic carbocycles. The lowest BCUT2D eigenvalue weighted by Gasteiger charge is -2.22. The van der Waals surface area contributed by atoms with Gasteiger partial charge in [0.15, 0.2) is 18.1 Å². The van der Waals surface area contributed by atoms with Crippen molar-refractivity contribution in [2.24, 2.45) is 0 Å². The SMILES string of the molecule is COC(=O)/C=C/c1ccc(OCC(=O)N(CCC#N)c2ccccc2F)c(OC)c1. The molecule has 1 amide bonds. The number of carbonyl (C=O) groups is 2. The van der Waals surface area contributed by atoms with E-state index in [0.717, 1.165) is 0 Å². The molecular formula is C22H21FN2O5. The van der Waals surface area contributed by atoms with Gasteiger partial charge in [-0.2, -0.15) is 5.26 Å². The molecule has 30 heavy (non-hydrogen) atoms. The average Bonchev–Trinajstić information content (AvgIpc) is 2.77. The van der Waals surface area contributed by atoms with Crippen molar-refractivity contribution in [2.75, 3.05) is 32.3 Å². The van der Waals surface area contributed by atoms with Crippen molar-refractivity contribution in [1.82, 2.24) is 0 Å². The fourth-order valence-electron chi connectivity index (χ4n) is 2.57. The van der Waals surface area contributed by atoms with E-state index in [4.69, 9.17) is 14.7 Å². The molecule has 2 aromatic carbocycles. The first-order valence-corrected chi connectivity index (χ1v) is 8.98. The summed E-state index contributed by atoms with van der Waals surface area (Å²) in [7, 11) is 2.72. The topological polar surface area (TPSA) is 88.9 Å². The van der Waals surface area contributed by atoms with E-state index < -0.39 is 17.7 Å². The minimum absolute atomic E-state index is 0.0357. The molecule has 0 aromatic heterocycles. The second-order valence-electron chi connectivity index (χ2n) is 5.96. The van der Waals surface area contributed by atoms with Crippen LogP contribution in [0.15, 0.2) is 48.5 Å². The van der Waals surface area contributed by atoms with Gasteiger partial charge in [0, 0.05) is 12.6 Å². The predicted octanol–water partition coefficient (Wildman–Crippen LogP) is 3.35. The number of carbonyl (C=O) groups excluding carboxylic acids is 2. The summed E-state index contributed by atoms with van der Waals surface area (Å²) >= 11 is 0. The summed E-state index contributed by atoms with van der Waals surface area (Å²) < 4.78 is 29.5. The van der Waals surface area contributed by atoms with Gasteiger partial charge in [0.2, 0.25) is 0 Å². The lowest BCUT2D eigenvalue weighted by Crippen LogP contribution is -2.36. The molecule has 0 bridgehead atoms. The van der Waals surface area contributed by atoms with Crippen LogP contribution < -0.4 is 14.4 Å². The van der Waals surface area contributed by atoms with Gasteiger partial charge in [-0.3, -0.25) is 4.79 Å². The molecule has 0 aliphatic rings. The third kappa shape index (κ3) is 6.07. The third-order valence-electron chi connectivity index (χ3n) is 4.04. The highest BCUT2D eigenvalue weighted by Crippen LogP contribution is 2.29. The van der Waals surface area contributed by atoms with Gasteiger partial charge in [0.1, 0.15) is 5.82 Å². The molecule has 156 valence electrons. The molecule has 0 saturated heterocycles. The van der Waals surface area contributed by atoms with Crippen molar-refractivity contribution in [1.29, 1.82) is 5.26 Å². The molecule has 0 unspecified atom stereocenters. The van der Waals surface area contributed by atoms with Crippen LogP contribution in [0.5, 0.6) is 11.5 Å². The normalized spacial score (nSPS) is 10.3. The van der Waals surface area contributed by atoms with E-state index in [1.54, 1.807) is 30.3 Å². The second-order valence-corrected chi connectivity index (χ2v) is 5.96. The molecule has 2 rings (SSSR count). The van der Waals surface area contributed by atoms with Crippen LogP contribution in [-0.4, -0.2) is 39.2 Å². The Morgan fingerprint density at radius 2 is 1.93 bits per heavy atom. The molecule has 0 N–H and O–H groups in total. The number of benzene rings is 2. The summed E-state index contributed by atoms with van der Waals surface area (Å²) in [6.45, 7) is -0.346. The van der Waals surface area contributed by atoms with Gasteiger partial charge in [-0.25, -0.2) is 9.18 Å². The van der Waals surface area contributed by atoms with Crippen molar-refractivity contribution >= 4 is 23.6 Å². The first kappa shape index (κ1) is 22.4. The fourth-order valence-corrected chi connectivity index (χ4v) is 2.57. The zero-order chi connectivity index (χ0) is 21.9. The number of methoxy groups -OCH3 is 2.